The van der Waals surface area contributed by atoms with Crippen molar-refractivity contribution in [2.45, 2.75) is 31.6 Å². The zero-order valence-electron chi connectivity index (χ0n) is 15.7. The van der Waals surface area contributed by atoms with E-state index in [2.05, 4.69) is 0 Å². The lowest BCUT2D eigenvalue weighted by Gasteiger charge is -2.32. The van der Waals surface area contributed by atoms with E-state index in [9.17, 15) is 35.5 Å². The Balaban J connectivity index is 1.63. The first kappa shape index (κ1) is 22.1. The van der Waals surface area contributed by atoms with Gasteiger partial charge in [-0.2, -0.15) is 26.3 Å². The van der Waals surface area contributed by atoms with Gasteiger partial charge in [0.15, 0.2) is 0 Å². The lowest BCUT2D eigenvalue weighted by Crippen LogP contribution is -2.39. The number of piperidine rings is 1. The molecule has 0 aliphatic carbocycles. The number of alkyl halides is 6. The first-order chi connectivity index (χ1) is 13.9. The van der Waals surface area contributed by atoms with Crippen LogP contribution in [0.2, 0.25) is 0 Å². The third-order valence-corrected chi connectivity index (χ3v) is 5.22. The standard InChI is InChI=1S/C21H18F7NO/c22-16-5-6-17(18(12-16)21(26,27)28)19(30)29-9-7-14(8-10-29)11-13-1-3-15(4-2-13)20(23,24)25/h1-6,12,14H,7-11H2. The van der Waals surface area contributed by atoms with Crippen LogP contribution in [-0.2, 0) is 18.8 Å². The molecule has 0 bridgehead atoms. The Labute approximate surface area is 168 Å². The van der Waals surface area contributed by atoms with Gasteiger partial charge in [0.2, 0.25) is 0 Å². The molecule has 0 atom stereocenters. The molecule has 1 aliphatic rings. The largest absolute Gasteiger partial charge is 0.417 e. The molecule has 0 radical (unpaired) electrons. The summed E-state index contributed by atoms with van der Waals surface area (Å²) in [5, 5.41) is 0. The Morgan fingerprint density at radius 2 is 1.50 bits per heavy atom. The fourth-order valence-corrected chi connectivity index (χ4v) is 3.61. The molecule has 3 rings (SSSR count). The fraction of sp³-hybridized carbons (Fsp3) is 0.381. The summed E-state index contributed by atoms with van der Waals surface area (Å²) in [6.45, 7) is 0.442. The lowest BCUT2D eigenvalue weighted by atomic mass is 9.89. The van der Waals surface area contributed by atoms with Crippen molar-refractivity contribution in [2.75, 3.05) is 13.1 Å². The maximum Gasteiger partial charge on any atom is 0.417 e. The number of hydrogen-bond donors (Lipinski definition) is 0. The summed E-state index contributed by atoms with van der Waals surface area (Å²) in [7, 11) is 0. The van der Waals surface area contributed by atoms with Crippen molar-refractivity contribution in [3.63, 3.8) is 0 Å². The quantitative estimate of drug-likeness (QED) is 0.547. The van der Waals surface area contributed by atoms with E-state index in [1.807, 2.05) is 0 Å². The molecular weight excluding hydrogens is 415 g/mol. The maximum atomic E-state index is 13.2. The second-order valence-corrected chi connectivity index (χ2v) is 7.32. The van der Waals surface area contributed by atoms with E-state index in [4.69, 9.17) is 0 Å². The van der Waals surface area contributed by atoms with Crippen LogP contribution in [0.1, 0.15) is 39.9 Å². The summed E-state index contributed by atoms with van der Waals surface area (Å²) in [6.07, 6.45) is -7.72. The second-order valence-electron chi connectivity index (χ2n) is 7.32. The molecule has 1 aliphatic heterocycles. The highest BCUT2D eigenvalue weighted by molar-refractivity contribution is 5.96. The highest BCUT2D eigenvalue weighted by atomic mass is 19.4. The number of rotatable bonds is 3. The van der Waals surface area contributed by atoms with Gasteiger partial charge >= 0.3 is 12.4 Å². The van der Waals surface area contributed by atoms with E-state index in [-0.39, 0.29) is 19.0 Å². The van der Waals surface area contributed by atoms with Crippen molar-refractivity contribution < 1.29 is 35.5 Å². The first-order valence-electron chi connectivity index (χ1n) is 9.27. The Morgan fingerprint density at radius 3 is 2.03 bits per heavy atom. The summed E-state index contributed by atoms with van der Waals surface area (Å²) in [5.74, 6) is -1.79. The third kappa shape index (κ3) is 5.12. The predicted octanol–water partition coefficient (Wildman–Crippen LogP) is 5.96. The minimum absolute atomic E-state index is 0.0982. The van der Waals surface area contributed by atoms with E-state index < -0.39 is 40.8 Å². The topological polar surface area (TPSA) is 20.3 Å². The normalized spacial score (nSPS) is 16.0. The summed E-state index contributed by atoms with van der Waals surface area (Å²) < 4.78 is 90.6. The Hall–Kier alpha value is -2.58. The van der Waals surface area contributed by atoms with Crippen LogP contribution < -0.4 is 0 Å². The average molecular weight is 433 g/mol. The molecule has 30 heavy (non-hydrogen) atoms. The van der Waals surface area contributed by atoms with Crippen molar-refractivity contribution >= 4 is 5.91 Å². The average Bonchev–Trinajstić information content (AvgIpc) is 2.67. The maximum absolute atomic E-state index is 13.2. The van der Waals surface area contributed by atoms with Gasteiger partial charge in [0.1, 0.15) is 5.82 Å². The predicted molar refractivity (Wildman–Crippen MR) is 95.2 cm³/mol. The Kier molecular flexibility index (Phi) is 6.10. The van der Waals surface area contributed by atoms with E-state index in [1.54, 1.807) is 0 Å². The van der Waals surface area contributed by atoms with Gasteiger partial charge in [-0.3, -0.25) is 4.79 Å². The van der Waals surface area contributed by atoms with Crippen molar-refractivity contribution in [1.29, 1.82) is 0 Å². The summed E-state index contributed by atoms with van der Waals surface area (Å²) in [6, 6.07) is 6.82. The van der Waals surface area contributed by atoms with Crippen LogP contribution >= 0.6 is 0 Å². The lowest BCUT2D eigenvalue weighted by molar-refractivity contribution is -0.138. The zero-order chi connectivity index (χ0) is 22.1. The molecule has 0 saturated carbocycles. The smallest absolute Gasteiger partial charge is 0.339 e. The minimum atomic E-state index is -4.85. The second kappa shape index (κ2) is 8.28. The van der Waals surface area contributed by atoms with E-state index in [1.165, 1.54) is 17.0 Å². The van der Waals surface area contributed by atoms with Gasteiger partial charge in [-0.05, 0) is 61.1 Å². The van der Waals surface area contributed by atoms with Crippen LogP contribution in [0.5, 0.6) is 0 Å². The first-order valence-corrected chi connectivity index (χ1v) is 9.27. The fourth-order valence-electron chi connectivity index (χ4n) is 3.61. The minimum Gasteiger partial charge on any atom is -0.339 e. The van der Waals surface area contributed by atoms with E-state index >= 15 is 0 Å². The van der Waals surface area contributed by atoms with Crippen molar-refractivity contribution in [2.24, 2.45) is 5.92 Å². The summed E-state index contributed by atoms with van der Waals surface area (Å²) >= 11 is 0. The molecule has 2 nitrogen and oxygen atoms in total. The molecule has 2 aromatic carbocycles. The van der Waals surface area contributed by atoms with Gasteiger partial charge in [0.05, 0.1) is 16.7 Å². The van der Waals surface area contributed by atoms with Crippen molar-refractivity contribution in [1.82, 2.24) is 4.90 Å². The van der Waals surface area contributed by atoms with Gasteiger partial charge in [0, 0.05) is 13.1 Å². The molecule has 1 saturated heterocycles. The summed E-state index contributed by atoms with van der Waals surface area (Å²) in [5.41, 5.74) is -1.90. The van der Waals surface area contributed by atoms with Gasteiger partial charge in [0.25, 0.3) is 5.91 Å². The van der Waals surface area contributed by atoms with Crippen molar-refractivity contribution in [3.8, 4) is 0 Å². The van der Waals surface area contributed by atoms with Crippen LogP contribution in [0.4, 0.5) is 30.7 Å². The monoisotopic (exact) mass is 433 g/mol. The van der Waals surface area contributed by atoms with Crippen LogP contribution in [0.3, 0.4) is 0 Å². The molecule has 1 heterocycles. The van der Waals surface area contributed by atoms with E-state index in [0.29, 0.717) is 25.3 Å². The number of nitrogens with zero attached hydrogens (tertiary/aromatic N) is 1. The zero-order valence-corrected chi connectivity index (χ0v) is 15.7. The molecule has 2 aromatic rings. The van der Waals surface area contributed by atoms with Gasteiger partial charge in [-0.1, -0.05) is 12.1 Å². The van der Waals surface area contributed by atoms with E-state index in [0.717, 1.165) is 29.8 Å². The molecule has 0 N–H and O–H groups in total. The molecular formula is C21H18F7NO. The Morgan fingerprint density at radius 1 is 0.900 bits per heavy atom. The highest BCUT2D eigenvalue weighted by Crippen LogP contribution is 2.34. The number of likely N-dealkylation sites (tertiary alicyclic amines) is 1. The van der Waals surface area contributed by atoms with Crippen LogP contribution in [0.15, 0.2) is 42.5 Å². The molecule has 1 fully saturated rings. The number of halogens is 7. The van der Waals surface area contributed by atoms with Gasteiger partial charge in [-0.15, -0.1) is 0 Å². The summed E-state index contributed by atoms with van der Waals surface area (Å²) in [4.78, 5) is 13.9. The molecule has 0 unspecified atom stereocenters. The molecule has 1 amide bonds. The molecule has 0 spiro atoms. The highest BCUT2D eigenvalue weighted by Gasteiger charge is 2.37. The number of benzene rings is 2. The number of carbonyl (C=O) groups is 1. The van der Waals surface area contributed by atoms with Crippen molar-refractivity contribution in [3.05, 3.63) is 70.5 Å². The van der Waals surface area contributed by atoms with Gasteiger partial charge < -0.3 is 4.90 Å². The Bertz CT molecular complexity index is 895. The SMILES string of the molecule is O=C(c1ccc(F)cc1C(F)(F)F)N1CCC(Cc2ccc(C(F)(F)F)cc2)CC1. The molecule has 0 aromatic heterocycles. The molecule has 9 heteroatoms. The number of hydrogen-bond acceptors (Lipinski definition) is 1. The third-order valence-electron chi connectivity index (χ3n) is 5.22. The van der Waals surface area contributed by atoms with Crippen LogP contribution in [0, 0.1) is 11.7 Å². The number of carbonyl (C=O) groups excluding carboxylic acids is 1. The number of amides is 1. The van der Waals surface area contributed by atoms with Crippen LogP contribution in [0.25, 0.3) is 0 Å². The van der Waals surface area contributed by atoms with Gasteiger partial charge in [-0.25, -0.2) is 4.39 Å². The molecule has 162 valence electrons. The van der Waals surface area contributed by atoms with Crippen LogP contribution in [-0.4, -0.2) is 23.9 Å².